The van der Waals surface area contributed by atoms with Crippen molar-refractivity contribution in [3.05, 3.63) is 161 Å². The lowest BCUT2D eigenvalue weighted by molar-refractivity contribution is 0.573. The second kappa shape index (κ2) is 12.2. The van der Waals surface area contributed by atoms with E-state index in [9.17, 15) is 0 Å². The van der Waals surface area contributed by atoms with E-state index in [2.05, 4.69) is 202 Å². The molecular formula is C56H51NS2. The minimum absolute atomic E-state index is 0.0235. The number of anilines is 3. The molecule has 1 nitrogen and oxygen atoms in total. The van der Waals surface area contributed by atoms with Crippen molar-refractivity contribution in [1.82, 2.24) is 0 Å². The smallest absolute Gasteiger partial charge is 0.0508 e. The first-order chi connectivity index (χ1) is 28.0. The van der Waals surface area contributed by atoms with Crippen molar-refractivity contribution in [3.63, 3.8) is 0 Å². The van der Waals surface area contributed by atoms with Gasteiger partial charge in [-0.2, -0.15) is 0 Å². The number of thiophene rings is 2. The van der Waals surface area contributed by atoms with Gasteiger partial charge < -0.3 is 4.90 Å². The number of rotatable bonds is 3. The summed E-state index contributed by atoms with van der Waals surface area (Å²) >= 11 is 3.90. The summed E-state index contributed by atoms with van der Waals surface area (Å²) in [6, 6.07) is 49.2. The summed E-state index contributed by atoms with van der Waals surface area (Å²) < 4.78 is 5.48. The van der Waals surface area contributed by atoms with E-state index in [1.807, 2.05) is 22.7 Å². The Hall–Kier alpha value is -5.22. The van der Waals surface area contributed by atoms with Gasteiger partial charge in [-0.15, -0.1) is 22.7 Å². The molecule has 59 heavy (non-hydrogen) atoms. The Balaban J connectivity index is 1.18. The fraction of sp³-hybridized carbons (Fsp3) is 0.250. The lowest BCUT2D eigenvalue weighted by Crippen LogP contribution is -2.21. The minimum Gasteiger partial charge on any atom is -0.310 e. The molecular weight excluding hydrogens is 751 g/mol. The van der Waals surface area contributed by atoms with Crippen LogP contribution in [-0.4, -0.2) is 0 Å². The quantitative estimate of drug-likeness (QED) is 0.172. The largest absolute Gasteiger partial charge is 0.310 e. The SMILES string of the molecule is CC(C)(C)c1cc(C(C)(C)C)c2sc3c4c(ccc3c2c1)C(C)(C)c1c-4cccc1N(c1ccc2c(c1)C(C)(C)c1ccccc1-2)c1ccc2c(c1)sc1ccccc12. The van der Waals surface area contributed by atoms with Crippen LogP contribution in [0.1, 0.15) is 103 Å². The van der Waals surface area contributed by atoms with Gasteiger partial charge in [-0.25, -0.2) is 0 Å². The number of nitrogens with zero attached hydrogens (tertiary/aromatic N) is 1. The predicted octanol–water partition coefficient (Wildman–Crippen LogP) is 17.1. The fourth-order valence-electron chi connectivity index (χ4n) is 10.6. The van der Waals surface area contributed by atoms with Gasteiger partial charge >= 0.3 is 0 Å². The van der Waals surface area contributed by atoms with E-state index in [0.717, 1.165) is 0 Å². The zero-order chi connectivity index (χ0) is 41.0. The molecule has 0 bridgehead atoms. The summed E-state index contributed by atoms with van der Waals surface area (Å²) in [6.07, 6.45) is 0. The molecule has 0 spiro atoms. The summed E-state index contributed by atoms with van der Waals surface area (Å²) in [5, 5.41) is 5.42. The number of hydrogen-bond donors (Lipinski definition) is 0. The second-order valence-electron chi connectivity index (χ2n) is 20.2. The molecule has 0 amide bonds. The first kappa shape index (κ1) is 36.8. The Labute approximate surface area is 357 Å². The molecule has 0 atom stereocenters. The molecule has 9 aromatic rings. The van der Waals surface area contributed by atoms with Gasteiger partial charge in [-0.3, -0.25) is 0 Å². The van der Waals surface area contributed by atoms with Crippen LogP contribution in [0.5, 0.6) is 0 Å². The third-order valence-electron chi connectivity index (χ3n) is 13.7. The third-order valence-corrected chi connectivity index (χ3v) is 16.1. The highest BCUT2D eigenvalue weighted by atomic mass is 32.1. The molecule has 2 aromatic heterocycles. The number of hydrogen-bond acceptors (Lipinski definition) is 3. The van der Waals surface area contributed by atoms with Crippen LogP contribution in [0.4, 0.5) is 17.1 Å². The van der Waals surface area contributed by atoms with E-state index in [1.165, 1.54) is 113 Å². The maximum atomic E-state index is 2.57. The zero-order valence-corrected chi connectivity index (χ0v) is 37.5. The summed E-state index contributed by atoms with van der Waals surface area (Å²) in [5.74, 6) is 0. The lowest BCUT2D eigenvalue weighted by Gasteiger charge is -2.33. The monoisotopic (exact) mass is 801 g/mol. The molecule has 292 valence electrons. The molecule has 0 saturated heterocycles. The molecule has 0 N–H and O–H groups in total. The van der Waals surface area contributed by atoms with Gasteiger partial charge in [0.25, 0.3) is 0 Å². The van der Waals surface area contributed by atoms with Gasteiger partial charge in [0.2, 0.25) is 0 Å². The van der Waals surface area contributed by atoms with Crippen molar-refractivity contribution in [2.24, 2.45) is 0 Å². The van der Waals surface area contributed by atoms with Gasteiger partial charge in [0.15, 0.2) is 0 Å². The maximum absolute atomic E-state index is 2.57. The first-order valence-corrected chi connectivity index (χ1v) is 22.8. The average Bonchev–Trinajstić information content (AvgIpc) is 3.89. The summed E-state index contributed by atoms with van der Waals surface area (Å²) in [4.78, 5) is 2.57. The fourth-order valence-corrected chi connectivity index (χ4v) is 13.3. The van der Waals surface area contributed by atoms with Crippen molar-refractivity contribution < 1.29 is 0 Å². The molecule has 2 heterocycles. The molecule has 0 radical (unpaired) electrons. The van der Waals surface area contributed by atoms with Crippen LogP contribution >= 0.6 is 22.7 Å². The molecule has 0 fully saturated rings. The van der Waals surface area contributed by atoms with Gasteiger partial charge in [0.1, 0.15) is 0 Å². The highest BCUT2D eigenvalue weighted by Crippen LogP contribution is 2.59. The molecule has 7 aromatic carbocycles. The van der Waals surface area contributed by atoms with Crippen LogP contribution in [-0.2, 0) is 21.7 Å². The van der Waals surface area contributed by atoms with Gasteiger partial charge in [-0.05, 0) is 103 Å². The van der Waals surface area contributed by atoms with Crippen LogP contribution in [0, 0.1) is 0 Å². The van der Waals surface area contributed by atoms with Gasteiger partial charge in [-0.1, -0.05) is 154 Å². The van der Waals surface area contributed by atoms with Gasteiger partial charge in [0.05, 0.1) is 5.69 Å². The molecule has 0 aliphatic heterocycles. The number of benzene rings is 7. The van der Waals surface area contributed by atoms with Crippen molar-refractivity contribution in [2.75, 3.05) is 4.90 Å². The summed E-state index contributed by atoms with van der Waals surface area (Å²) in [7, 11) is 0. The predicted molar refractivity (Wildman–Crippen MR) is 259 cm³/mol. The zero-order valence-electron chi connectivity index (χ0n) is 35.9. The summed E-state index contributed by atoms with van der Waals surface area (Å²) in [6.45, 7) is 23.8. The van der Waals surface area contributed by atoms with Crippen LogP contribution in [0.3, 0.4) is 0 Å². The molecule has 2 aliphatic rings. The molecule has 11 rings (SSSR count). The van der Waals surface area contributed by atoms with E-state index in [1.54, 1.807) is 0 Å². The Morgan fingerprint density at radius 1 is 0.458 bits per heavy atom. The highest BCUT2D eigenvalue weighted by Gasteiger charge is 2.42. The topological polar surface area (TPSA) is 3.24 Å². The van der Waals surface area contributed by atoms with E-state index in [-0.39, 0.29) is 21.7 Å². The van der Waals surface area contributed by atoms with Crippen LogP contribution in [0.25, 0.3) is 62.6 Å². The van der Waals surface area contributed by atoms with Crippen LogP contribution < -0.4 is 4.90 Å². The van der Waals surface area contributed by atoms with E-state index >= 15 is 0 Å². The van der Waals surface area contributed by atoms with Crippen LogP contribution in [0.2, 0.25) is 0 Å². The van der Waals surface area contributed by atoms with Crippen molar-refractivity contribution in [2.45, 2.75) is 90.9 Å². The lowest BCUT2D eigenvalue weighted by atomic mass is 9.79. The van der Waals surface area contributed by atoms with Gasteiger partial charge in [0, 0.05) is 68.1 Å². The first-order valence-electron chi connectivity index (χ1n) is 21.2. The normalized spacial score (nSPS) is 15.2. The van der Waals surface area contributed by atoms with E-state index < -0.39 is 0 Å². The van der Waals surface area contributed by atoms with E-state index in [4.69, 9.17) is 0 Å². The third kappa shape index (κ3) is 5.20. The Bertz CT molecular complexity index is 3240. The number of fused-ring (bicyclic) bond motifs is 13. The molecule has 3 heteroatoms. The molecule has 0 saturated carbocycles. The van der Waals surface area contributed by atoms with Crippen LogP contribution in [0.15, 0.2) is 127 Å². The standard InChI is InChI=1S/C56H51NS2/c1-53(2,3)32-28-41-39-26-27-43-49(52(39)59-51(41)45(29-32)54(4,5)6)40-18-15-20-46(50(40)56(43,9)10)57(34-23-25-38-37-17-12-14-21-47(37)58-48(38)31-34)33-22-24-36-35-16-11-13-19-42(35)55(7,8)44(36)30-33/h11-31H,1-10H3. The van der Waals surface area contributed by atoms with E-state index in [0.29, 0.717) is 0 Å². The maximum Gasteiger partial charge on any atom is 0.0508 e. The van der Waals surface area contributed by atoms with Crippen molar-refractivity contribution in [3.8, 4) is 22.3 Å². The molecule has 2 aliphatic carbocycles. The van der Waals surface area contributed by atoms with Crippen molar-refractivity contribution in [1.29, 1.82) is 0 Å². The Kier molecular flexibility index (Phi) is 7.60. The Morgan fingerprint density at radius 2 is 1.14 bits per heavy atom. The Morgan fingerprint density at radius 3 is 1.93 bits per heavy atom. The second-order valence-corrected chi connectivity index (χ2v) is 22.3. The summed E-state index contributed by atoms with van der Waals surface area (Å²) in [5.41, 5.74) is 17.3. The van der Waals surface area contributed by atoms with Crippen molar-refractivity contribution >= 4 is 80.1 Å². The minimum atomic E-state index is -0.235. The highest BCUT2D eigenvalue weighted by molar-refractivity contribution is 7.26. The molecule has 0 unspecified atom stereocenters. The average molecular weight is 802 g/mol.